The van der Waals surface area contributed by atoms with Crippen LogP contribution in [0, 0.1) is 3.57 Å². The summed E-state index contributed by atoms with van der Waals surface area (Å²) in [6.07, 6.45) is 0. The predicted octanol–water partition coefficient (Wildman–Crippen LogP) is 3.66. The average Bonchev–Trinajstić information content (AvgIpc) is 2.29. The lowest BCUT2D eigenvalue weighted by Crippen LogP contribution is -1.99. The molecule has 0 heterocycles. The van der Waals surface area contributed by atoms with Crippen LogP contribution in [0.15, 0.2) is 48.5 Å². The smallest absolute Gasteiger partial charge is 0.336 e. The maximum absolute atomic E-state index is 10.9. The second kappa shape index (κ2) is 4.65. The summed E-state index contributed by atoms with van der Waals surface area (Å²) >= 11 is 2.05. The number of carboxylic acid groups (broad SMARTS) is 1. The molecule has 2 aromatic carbocycles. The number of benzene rings is 2. The molecule has 2 aromatic rings. The third-order valence-electron chi connectivity index (χ3n) is 2.31. The molecular weight excluding hydrogens is 315 g/mol. The highest BCUT2D eigenvalue weighted by atomic mass is 127. The zero-order valence-electron chi connectivity index (χ0n) is 8.35. The summed E-state index contributed by atoms with van der Waals surface area (Å²) in [5.41, 5.74) is 2.48. The average molecular weight is 324 g/mol. The van der Waals surface area contributed by atoms with E-state index >= 15 is 0 Å². The predicted molar refractivity (Wildman–Crippen MR) is 71.6 cm³/mol. The molecule has 0 atom stereocenters. The Morgan fingerprint density at radius 2 is 1.69 bits per heavy atom. The fraction of sp³-hybridized carbons (Fsp3) is 0. The molecule has 0 aliphatic carbocycles. The highest BCUT2D eigenvalue weighted by molar-refractivity contribution is 14.1. The molecule has 0 unspecified atom stereocenters. The van der Waals surface area contributed by atoms with Gasteiger partial charge >= 0.3 is 5.97 Å². The highest BCUT2D eigenvalue weighted by Crippen LogP contribution is 2.23. The molecule has 80 valence electrons. The monoisotopic (exact) mass is 324 g/mol. The minimum Gasteiger partial charge on any atom is -0.478 e. The Kier molecular flexibility index (Phi) is 3.24. The molecule has 0 aliphatic heterocycles. The zero-order valence-corrected chi connectivity index (χ0v) is 10.5. The standard InChI is InChI=1S/C13H9IO2/c14-12-8-10(6-7-11(12)13(15)16)9-4-2-1-3-5-9/h1-8H,(H,15,16). The second-order valence-corrected chi connectivity index (χ2v) is 4.53. The van der Waals surface area contributed by atoms with Crippen molar-refractivity contribution in [3.05, 3.63) is 57.7 Å². The van der Waals surface area contributed by atoms with Gasteiger partial charge in [-0.25, -0.2) is 4.79 Å². The van der Waals surface area contributed by atoms with Crippen molar-refractivity contribution in [2.45, 2.75) is 0 Å². The van der Waals surface area contributed by atoms with E-state index in [4.69, 9.17) is 5.11 Å². The van der Waals surface area contributed by atoms with Crippen LogP contribution in [0.1, 0.15) is 10.4 Å². The number of carbonyl (C=O) groups is 1. The summed E-state index contributed by atoms with van der Waals surface area (Å²) in [5, 5.41) is 8.92. The van der Waals surface area contributed by atoms with Gasteiger partial charge in [0.1, 0.15) is 0 Å². The van der Waals surface area contributed by atoms with E-state index in [9.17, 15) is 4.79 Å². The van der Waals surface area contributed by atoms with Gasteiger partial charge in [-0.3, -0.25) is 0 Å². The maximum Gasteiger partial charge on any atom is 0.336 e. The Morgan fingerprint density at radius 3 is 2.25 bits per heavy atom. The molecule has 0 radical (unpaired) electrons. The Labute approximate surface area is 107 Å². The molecule has 0 saturated heterocycles. The van der Waals surface area contributed by atoms with Crippen molar-refractivity contribution in [3.63, 3.8) is 0 Å². The molecule has 0 fully saturated rings. The Balaban J connectivity index is 2.46. The summed E-state index contributed by atoms with van der Waals surface area (Å²) in [4.78, 5) is 10.9. The summed E-state index contributed by atoms with van der Waals surface area (Å²) in [5.74, 6) is -0.885. The van der Waals surface area contributed by atoms with E-state index in [0.29, 0.717) is 5.56 Å². The molecule has 2 rings (SSSR count). The van der Waals surface area contributed by atoms with Gasteiger partial charge in [0.05, 0.1) is 5.56 Å². The molecule has 0 saturated carbocycles. The van der Waals surface area contributed by atoms with Gasteiger partial charge in [-0.2, -0.15) is 0 Å². The van der Waals surface area contributed by atoms with E-state index in [-0.39, 0.29) is 0 Å². The second-order valence-electron chi connectivity index (χ2n) is 3.37. The van der Waals surface area contributed by atoms with Gasteiger partial charge in [0, 0.05) is 3.57 Å². The summed E-state index contributed by atoms with van der Waals surface area (Å²) in [6.45, 7) is 0. The third-order valence-corrected chi connectivity index (χ3v) is 3.20. The Hall–Kier alpha value is -1.36. The lowest BCUT2D eigenvalue weighted by molar-refractivity contribution is 0.0696. The van der Waals surface area contributed by atoms with Crippen LogP contribution in [0.4, 0.5) is 0 Å². The van der Waals surface area contributed by atoms with Crippen LogP contribution < -0.4 is 0 Å². The molecule has 0 amide bonds. The van der Waals surface area contributed by atoms with Gasteiger partial charge in [-0.15, -0.1) is 0 Å². The first-order valence-electron chi connectivity index (χ1n) is 4.77. The van der Waals surface area contributed by atoms with E-state index in [2.05, 4.69) is 0 Å². The molecule has 0 bridgehead atoms. The first-order valence-corrected chi connectivity index (χ1v) is 5.84. The molecular formula is C13H9IO2. The van der Waals surface area contributed by atoms with Crippen molar-refractivity contribution in [2.75, 3.05) is 0 Å². The minimum absolute atomic E-state index is 0.347. The van der Waals surface area contributed by atoms with Crippen LogP contribution in [0.25, 0.3) is 11.1 Å². The van der Waals surface area contributed by atoms with Crippen LogP contribution in [-0.4, -0.2) is 11.1 Å². The zero-order chi connectivity index (χ0) is 11.5. The van der Waals surface area contributed by atoms with Gasteiger partial charge < -0.3 is 5.11 Å². The van der Waals surface area contributed by atoms with Gasteiger partial charge in [-0.1, -0.05) is 36.4 Å². The molecule has 1 N–H and O–H groups in total. The van der Waals surface area contributed by atoms with Crippen molar-refractivity contribution >= 4 is 28.6 Å². The first kappa shape index (κ1) is 11.1. The van der Waals surface area contributed by atoms with E-state index in [1.807, 2.05) is 65.1 Å². The van der Waals surface area contributed by atoms with Crippen molar-refractivity contribution in [1.29, 1.82) is 0 Å². The van der Waals surface area contributed by atoms with Crippen LogP contribution in [-0.2, 0) is 0 Å². The molecule has 0 aliphatic rings. The lowest BCUT2D eigenvalue weighted by Gasteiger charge is -2.04. The van der Waals surface area contributed by atoms with Gasteiger partial charge in [0.15, 0.2) is 0 Å². The van der Waals surface area contributed by atoms with E-state index in [1.165, 1.54) is 0 Å². The molecule has 0 spiro atoms. The Bertz CT molecular complexity index is 521. The van der Waals surface area contributed by atoms with Gasteiger partial charge in [0.25, 0.3) is 0 Å². The fourth-order valence-electron chi connectivity index (χ4n) is 1.50. The molecule has 0 aromatic heterocycles. The summed E-state index contributed by atoms with van der Waals surface area (Å²) < 4.78 is 0.756. The minimum atomic E-state index is -0.885. The SMILES string of the molecule is O=C(O)c1ccc(-c2ccccc2)cc1I. The van der Waals surface area contributed by atoms with Gasteiger partial charge in [-0.05, 0) is 45.9 Å². The molecule has 2 nitrogen and oxygen atoms in total. The summed E-state index contributed by atoms with van der Waals surface area (Å²) in [7, 11) is 0. The topological polar surface area (TPSA) is 37.3 Å². The van der Waals surface area contributed by atoms with Crippen LogP contribution >= 0.6 is 22.6 Å². The van der Waals surface area contributed by atoms with Crippen molar-refractivity contribution in [3.8, 4) is 11.1 Å². The number of rotatable bonds is 2. The largest absolute Gasteiger partial charge is 0.478 e. The first-order chi connectivity index (χ1) is 7.68. The molecule has 3 heteroatoms. The number of halogens is 1. The quantitative estimate of drug-likeness (QED) is 0.856. The van der Waals surface area contributed by atoms with E-state index in [0.717, 1.165) is 14.7 Å². The van der Waals surface area contributed by atoms with Crippen molar-refractivity contribution < 1.29 is 9.90 Å². The van der Waals surface area contributed by atoms with Crippen molar-refractivity contribution in [2.24, 2.45) is 0 Å². The number of hydrogen-bond donors (Lipinski definition) is 1. The van der Waals surface area contributed by atoms with Crippen LogP contribution in [0.3, 0.4) is 0 Å². The number of hydrogen-bond acceptors (Lipinski definition) is 1. The summed E-state index contributed by atoms with van der Waals surface area (Å²) in [6, 6.07) is 15.3. The van der Waals surface area contributed by atoms with E-state index in [1.54, 1.807) is 6.07 Å². The van der Waals surface area contributed by atoms with Crippen molar-refractivity contribution in [1.82, 2.24) is 0 Å². The normalized spacial score (nSPS) is 10.1. The number of carboxylic acids is 1. The van der Waals surface area contributed by atoms with E-state index < -0.39 is 5.97 Å². The van der Waals surface area contributed by atoms with Crippen LogP contribution in [0.5, 0.6) is 0 Å². The number of aromatic carboxylic acids is 1. The third kappa shape index (κ3) is 2.24. The lowest BCUT2D eigenvalue weighted by atomic mass is 10.0. The Morgan fingerprint density at radius 1 is 1.00 bits per heavy atom. The maximum atomic E-state index is 10.9. The van der Waals surface area contributed by atoms with Crippen LogP contribution in [0.2, 0.25) is 0 Å². The van der Waals surface area contributed by atoms with Gasteiger partial charge in [0.2, 0.25) is 0 Å². The highest BCUT2D eigenvalue weighted by Gasteiger charge is 2.08. The fourth-order valence-corrected chi connectivity index (χ4v) is 2.24. The molecule has 16 heavy (non-hydrogen) atoms.